The largest absolute Gasteiger partial charge is 0.508 e. The molecule has 6 heteroatoms. The summed E-state index contributed by atoms with van der Waals surface area (Å²) in [5.74, 6) is 1.01. The van der Waals surface area contributed by atoms with Crippen LogP contribution in [-0.2, 0) is 10.1 Å². The number of benzene rings is 2. The molecule has 5 nitrogen and oxygen atoms in total. The molecular formula is C16H19NO4S. The molecule has 0 bridgehead atoms. The van der Waals surface area contributed by atoms with Crippen molar-refractivity contribution in [3.05, 3.63) is 59.7 Å². The highest BCUT2D eigenvalue weighted by Crippen LogP contribution is 2.21. The van der Waals surface area contributed by atoms with E-state index in [1.165, 1.54) is 17.7 Å². The summed E-state index contributed by atoms with van der Waals surface area (Å²) in [6.07, 6.45) is 0. The topological polar surface area (TPSA) is 86.6 Å². The zero-order valence-corrected chi connectivity index (χ0v) is 13.0. The van der Waals surface area contributed by atoms with E-state index in [1.54, 1.807) is 24.3 Å². The monoisotopic (exact) mass is 321 g/mol. The number of aryl methyl sites for hydroxylation is 1. The van der Waals surface area contributed by atoms with Crippen LogP contribution in [0, 0.1) is 6.92 Å². The van der Waals surface area contributed by atoms with Crippen LogP contribution in [0.4, 0.5) is 0 Å². The quantitative estimate of drug-likeness (QED) is 0.739. The Hall–Kier alpha value is -1.89. The molecule has 3 rings (SSSR count). The highest BCUT2D eigenvalue weighted by molar-refractivity contribution is 7.85. The Morgan fingerprint density at radius 2 is 1.55 bits per heavy atom. The first-order valence-corrected chi connectivity index (χ1v) is 8.34. The van der Waals surface area contributed by atoms with Crippen molar-refractivity contribution in [1.29, 1.82) is 0 Å². The van der Waals surface area contributed by atoms with E-state index in [0.717, 1.165) is 18.7 Å². The van der Waals surface area contributed by atoms with E-state index in [2.05, 4.69) is 5.32 Å². The van der Waals surface area contributed by atoms with Crippen LogP contribution in [0.2, 0.25) is 0 Å². The third-order valence-corrected chi connectivity index (χ3v) is 4.33. The van der Waals surface area contributed by atoms with Crippen LogP contribution < -0.4 is 5.32 Å². The number of nitrogens with one attached hydrogen (secondary N) is 1. The predicted molar refractivity (Wildman–Crippen MR) is 84.7 cm³/mol. The van der Waals surface area contributed by atoms with E-state index in [-0.39, 0.29) is 4.90 Å². The van der Waals surface area contributed by atoms with Crippen LogP contribution in [0.1, 0.15) is 17.0 Å². The minimum absolute atomic E-state index is 0.0666. The van der Waals surface area contributed by atoms with Crippen molar-refractivity contribution in [3.63, 3.8) is 0 Å². The Balaban J connectivity index is 0.000000160. The van der Waals surface area contributed by atoms with Crippen LogP contribution in [0.15, 0.2) is 53.4 Å². The van der Waals surface area contributed by atoms with Gasteiger partial charge in [0.25, 0.3) is 10.1 Å². The first kappa shape index (κ1) is 16.5. The molecule has 2 aromatic rings. The van der Waals surface area contributed by atoms with Crippen LogP contribution in [0.5, 0.6) is 5.75 Å². The molecule has 1 aliphatic heterocycles. The van der Waals surface area contributed by atoms with E-state index >= 15 is 0 Å². The molecule has 0 unspecified atom stereocenters. The van der Waals surface area contributed by atoms with Crippen LogP contribution in [0.25, 0.3) is 0 Å². The third-order valence-electron chi connectivity index (χ3n) is 3.46. The second-order valence-electron chi connectivity index (χ2n) is 5.23. The third kappa shape index (κ3) is 4.56. The zero-order valence-electron chi connectivity index (χ0n) is 12.2. The predicted octanol–water partition coefficient (Wildman–Crippen LogP) is 2.32. The molecular weight excluding hydrogens is 302 g/mol. The number of rotatable bonds is 2. The smallest absolute Gasteiger partial charge is 0.294 e. The summed E-state index contributed by atoms with van der Waals surface area (Å²) in [6.45, 7) is 3.99. The zero-order chi connectivity index (χ0) is 16.2. The number of aromatic hydroxyl groups is 1. The van der Waals surface area contributed by atoms with Gasteiger partial charge in [0.15, 0.2) is 0 Å². The maximum atomic E-state index is 10.5. The van der Waals surface area contributed by atoms with Gasteiger partial charge in [0, 0.05) is 19.0 Å². The SMILES string of the molecule is Cc1ccc(S(=O)(=O)O)cc1.Oc1ccc(C2CNC2)cc1. The minimum Gasteiger partial charge on any atom is -0.508 e. The number of phenols is 1. The van der Waals surface area contributed by atoms with E-state index in [1.807, 2.05) is 19.1 Å². The van der Waals surface area contributed by atoms with Crippen LogP contribution >= 0.6 is 0 Å². The van der Waals surface area contributed by atoms with Crippen molar-refractivity contribution in [3.8, 4) is 5.75 Å². The van der Waals surface area contributed by atoms with Gasteiger partial charge in [-0.05, 0) is 36.8 Å². The lowest BCUT2D eigenvalue weighted by Crippen LogP contribution is -2.39. The molecule has 1 saturated heterocycles. The summed E-state index contributed by atoms with van der Waals surface area (Å²) in [5.41, 5.74) is 2.28. The van der Waals surface area contributed by atoms with Gasteiger partial charge >= 0.3 is 0 Å². The van der Waals surface area contributed by atoms with Crippen molar-refractivity contribution >= 4 is 10.1 Å². The molecule has 1 fully saturated rings. The fourth-order valence-electron chi connectivity index (χ4n) is 1.98. The van der Waals surface area contributed by atoms with Gasteiger partial charge in [-0.2, -0.15) is 8.42 Å². The van der Waals surface area contributed by atoms with Gasteiger partial charge in [-0.25, -0.2) is 0 Å². The summed E-state index contributed by atoms with van der Waals surface area (Å²) in [5, 5.41) is 12.2. The Morgan fingerprint density at radius 1 is 1.00 bits per heavy atom. The molecule has 0 spiro atoms. The maximum Gasteiger partial charge on any atom is 0.294 e. The second-order valence-corrected chi connectivity index (χ2v) is 6.66. The molecule has 22 heavy (non-hydrogen) atoms. The van der Waals surface area contributed by atoms with Crippen molar-refractivity contribution < 1.29 is 18.1 Å². The normalized spacial score (nSPS) is 14.6. The van der Waals surface area contributed by atoms with Crippen molar-refractivity contribution in [1.82, 2.24) is 5.32 Å². The fourth-order valence-corrected chi connectivity index (χ4v) is 2.46. The lowest BCUT2D eigenvalue weighted by molar-refractivity contribution is 0.446. The molecule has 0 aliphatic carbocycles. The fraction of sp³-hybridized carbons (Fsp3) is 0.250. The summed E-state index contributed by atoms with van der Waals surface area (Å²) in [6, 6.07) is 13.4. The Kier molecular flexibility index (Phi) is 5.18. The Bertz CT molecular complexity index is 705. The molecule has 1 heterocycles. The molecule has 0 radical (unpaired) electrons. The summed E-state index contributed by atoms with van der Waals surface area (Å²) in [4.78, 5) is -0.0666. The minimum atomic E-state index is -4.02. The average Bonchev–Trinajstić information content (AvgIpc) is 2.39. The van der Waals surface area contributed by atoms with Crippen molar-refractivity contribution in [2.75, 3.05) is 13.1 Å². The van der Waals surface area contributed by atoms with Gasteiger partial charge in [0.1, 0.15) is 5.75 Å². The molecule has 118 valence electrons. The van der Waals surface area contributed by atoms with E-state index in [9.17, 15) is 8.42 Å². The number of hydrogen-bond donors (Lipinski definition) is 3. The molecule has 0 saturated carbocycles. The lowest BCUT2D eigenvalue weighted by atomic mass is 9.94. The van der Waals surface area contributed by atoms with Crippen molar-refractivity contribution in [2.24, 2.45) is 0 Å². The van der Waals surface area contributed by atoms with Crippen LogP contribution in [-0.4, -0.2) is 31.2 Å². The average molecular weight is 321 g/mol. The van der Waals surface area contributed by atoms with Gasteiger partial charge < -0.3 is 10.4 Å². The number of phenolic OH excluding ortho intramolecular Hbond substituents is 1. The second kappa shape index (κ2) is 6.91. The molecule has 0 amide bonds. The van der Waals surface area contributed by atoms with Gasteiger partial charge in [-0.1, -0.05) is 29.8 Å². The highest BCUT2D eigenvalue weighted by Gasteiger charge is 2.17. The van der Waals surface area contributed by atoms with Gasteiger partial charge in [-0.15, -0.1) is 0 Å². The summed E-state index contributed by atoms with van der Waals surface area (Å²) < 4.78 is 29.6. The molecule has 1 aliphatic rings. The van der Waals surface area contributed by atoms with Crippen molar-refractivity contribution in [2.45, 2.75) is 17.7 Å². The molecule has 2 aromatic carbocycles. The molecule has 0 atom stereocenters. The van der Waals surface area contributed by atoms with Gasteiger partial charge in [-0.3, -0.25) is 4.55 Å². The molecule has 3 N–H and O–H groups in total. The lowest BCUT2D eigenvalue weighted by Gasteiger charge is -2.27. The first-order chi connectivity index (χ1) is 10.4. The van der Waals surface area contributed by atoms with Gasteiger partial charge in [0.2, 0.25) is 0 Å². The van der Waals surface area contributed by atoms with E-state index in [0.29, 0.717) is 11.7 Å². The Labute approximate surface area is 130 Å². The number of hydrogen-bond acceptors (Lipinski definition) is 4. The Morgan fingerprint density at radius 3 is 1.95 bits per heavy atom. The standard InChI is InChI=1S/C9H11NO.C7H8O3S/c11-9-3-1-7(2-4-9)8-5-10-6-8;1-6-2-4-7(5-3-6)11(8,9)10/h1-4,8,10-11H,5-6H2;2-5H,1H3,(H,8,9,10). The van der Waals surface area contributed by atoms with Gasteiger partial charge in [0.05, 0.1) is 4.90 Å². The molecule has 0 aromatic heterocycles. The summed E-state index contributed by atoms with van der Waals surface area (Å²) in [7, 11) is -4.02. The highest BCUT2D eigenvalue weighted by atomic mass is 32.2. The van der Waals surface area contributed by atoms with Crippen LogP contribution in [0.3, 0.4) is 0 Å². The maximum absolute atomic E-state index is 10.5. The summed E-state index contributed by atoms with van der Waals surface area (Å²) >= 11 is 0. The van der Waals surface area contributed by atoms with E-state index in [4.69, 9.17) is 9.66 Å². The first-order valence-electron chi connectivity index (χ1n) is 6.90. The van der Waals surface area contributed by atoms with E-state index < -0.39 is 10.1 Å².